The van der Waals surface area contributed by atoms with Crippen LogP contribution in [-0.4, -0.2) is 21.9 Å². The highest BCUT2D eigenvalue weighted by Gasteiger charge is 2.18. The van der Waals surface area contributed by atoms with Crippen LogP contribution >= 0.6 is 0 Å². The van der Waals surface area contributed by atoms with Crippen molar-refractivity contribution in [1.29, 1.82) is 0 Å². The second kappa shape index (κ2) is 6.37. The van der Waals surface area contributed by atoms with Crippen LogP contribution in [0.4, 0.5) is 0 Å². The normalized spacial score (nSPS) is 14.2. The summed E-state index contributed by atoms with van der Waals surface area (Å²) in [5.74, 6) is 1.35. The van der Waals surface area contributed by atoms with Gasteiger partial charge in [-0.3, -0.25) is 4.68 Å². The van der Waals surface area contributed by atoms with E-state index < -0.39 is 0 Å². The van der Waals surface area contributed by atoms with E-state index >= 15 is 0 Å². The topological polar surface area (TPSA) is 29.9 Å². The molecule has 1 rings (SSSR count). The van der Waals surface area contributed by atoms with Crippen LogP contribution in [0.5, 0.6) is 0 Å². The minimum Gasteiger partial charge on any atom is -0.312 e. The number of aryl methyl sites for hydroxylation is 1. The number of rotatable bonds is 6. The number of hydrogen-bond donors (Lipinski definition) is 1. The van der Waals surface area contributed by atoms with Gasteiger partial charge in [0.1, 0.15) is 0 Å². The fraction of sp³-hybridized carbons (Fsp3) is 0.800. The second-order valence-electron chi connectivity index (χ2n) is 6.54. The van der Waals surface area contributed by atoms with E-state index in [1.807, 2.05) is 10.9 Å². The van der Waals surface area contributed by atoms with E-state index in [2.05, 4.69) is 58.2 Å². The molecule has 0 bridgehead atoms. The standard InChI is InChI=1S/C15H29N3/c1-7-18-11-13(9-17-18)8-14(12(2)3)10-16-15(4,5)6/h9,11-12,14,16H,7-8,10H2,1-6H3. The fourth-order valence-electron chi connectivity index (χ4n) is 1.97. The molecule has 0 aliphatic heterocycles. The lowest BCUT2D eigenvalue weighted by molar-refractivity contribution is 0.312. The molecule has 0 aliphatic carbocycles. The maximum Gasteiger partial charge on any atom is 0.0521 e. The van der Waals surface area contributed by atoms with Crippen molar-refractivity contribution in [1.82, 2.24) is 15.1 Å². The van der Waals surface area contributed by atoms with Gasteiger partial charge in [0.05, 0.1) is 6.20 Å². The largest absolute Gasteiger partial charge is 0.312 e. The molecule has 0 aromatic carbocycles. The molecule has 0 fully saturated rings. The highest BCUT2D eigenvalue weighted by molar-refractivity contribution is 5.05. The van der Waals surface area contributed by atoms with Crippen LogP contribution < -0.4 is 5.32 Å². The Morgan fingerprint density at radius 3 is 2.44 bits per heavy atom. The van der Waals surface area contributed by atoms with Crippen LogP contribution in [0, 0.1) is 11.8 Å². The van der Waals surface area contributed by atoms with E-state index in [0.717, 1.165) is 19.5 Å². The van der Waals surface area contributed by atoms with Gasteiger partial charge in [0.15, 0.2) is 0 Å². The monoisotopic (exact) mass is 251 g/mol. The Hall–Kier alpha value is -0.830. The Morgan fingerprint density at radius 1 is 1.33 bits per heavy atom. The third-order valence-electron chi connectivity index (χ3n) is 3.35. The van der Waals surface area contributed by atoms with Gasteiger partial charge in [-0.1, -0.05) is 13.8 Å². The van der Waals surface area contributed by atoms with Crippen molar-refractivity contribution in [2.45, 2.75) is 60.0 Å². The zero-order valence-corrected chi connectivity index (χ0v) is 12.8. The van der Waals surface area contributed by atoms with E-state index in [4.69, 9.17) is 0 Å². The average molecular weight is 251 g/mol. The van der Waals surface area contributed by atoms with E-state index in [0.29, 0.717) is 11.8 Å². The minimum atomic E-state index is 0.195. The van der Waals surface area contributed by atoms with Crippen LogP contribution in [0.15, 0.2) is 12.4 Å². The molecule has 1 heterocycles. The Balaban J connectivity index is 2.57. The molecule has 3 heteroatoms. The fourth-order valence-corrected chi connectivity index (χ4v) is 1.97. The Bertz CT molecular complexity index is 347. The van der Waals surface area contributed by atoms with Crippen LogP contribution in [0.1, 0.15) is 47.1 Å². The first-order valence-electron chi connectivity index (χ1n) is 7.08. The molecule has 1 N–H and O–H groups in total. The smallest absolute Gasteiger partial charge is 0.0521 e. The van der Waals surface area contributed by atoms with Crippen LogP contribution in [0.2, 0.25) is 0 Å². The first-order chi connectivity index (χ1) is 8.31. The van der Waals surface area contributed by atoms with E-state index in [-0.39, 0.29) is 5.54 Å². The molecule has 18 heavy (non-hydrogen) atoms. The number of nitrogens with zero attached hydrogens (tertiary/aromatic N) is 2. The Kier molecular flexibility index (Phi) is 5.39. The SMILES string of the molecule is CCn1cc(CC(CNC(C)(C)C)C(C)C)cn1. The molecule has 3 nitrogen and oxygen atoms in total. The molecular weight excluding hydrogens is 222 g/mol. The molecule has 0 aliphatic rings. The van der Waals surface area contributed by atoms with Gasteiger partial charge in [-0.15, -0.1) is 0 Å². The molecule has 0 radical (unpaired) electrons. The summed E-state index contributed by atoms with van der Waals surface area (Å²) in [4.78, 5) is 0. The molecule has 1 aromatic heterocycles. The van der Waals surface area contributed by atoms with Crippen molar-refractivity contribution >= 4 is 0 Å². The molecule has 1 atom stereocenters. The minimum absolute atomic E-state index is 0.195. The molecule has 1 aromatic rings. The van der Waals surface area contributed by atoms with Crippen molar-refractivity contribution in [3.8, 4) is 0 Å². The van der Waals surface area contributed by atoms with Gasteiger partial charge < -0.3 is 5.32 Å². The lowest BCUT2D eigenvalue weighted by Gasteiger charge is -2.27. The summed E-state index contributed by atoms with van der Waals surface area (Å²) >= 11 is 0. The maximum atomic E-state index is 4.35. The lowest BCUT2D eigenvalue weighted by Crippen LogP contribution is -2.40. The van der Waals surface area contributed by atoms with Crippen molar-refractivity contribution in [2.75, 3.05) is 6.54 Å². The van der Waals surface area contributed by atoms with Gasteiger partial charge in [-0.25, -0.2) is 0 Å². The van der Waals surface area contributed by atoms with Gasteiger partial charge in [0.2, 0.25) is 0 Å². The highest BCUT2D eigenvalue weighted by Crippen LogP contribution is 2.17. The molecule has 0 amide bonds. The van der Waals surface area contributed by atoms with E-state index in [9.17, 15) is 0 Å². The van der Waals surface area contributed by atoms with Crippen molar-refractivity contribution in [3.63, 3.8) is 0 Å². The molecule has 0 saturated carbocycles. The van der Waals surface area contributed by atoms with Crippen LogP contribution in [0.3, 0.4) is 0 Å². The van der Waals surface area contributed by atoms with E-state index in [1.54, 1.807) is 0 Å². The predicted octanol–water partition coefficient (Wildman–Crippen LogP) is 3.11. The predicted molar refractivity (Wildman–Crippen MR) is 77.7 cm³/mol. The molecule has 1 unspecified atom stereocenters. The Labute approximate surface area is 112 Å². The lowest BCUT2D eigenvalue weighted by atomic mass is 9.89. The zero-order valence-electron chi connectivity index (χ0n) is 12.8. The summed E-state index contributed by atoms with van der Waals surface area (Å²) in [6.07, 6.45) is 5.29. The van der Waals surface area contributed by atoms with Crippen LogP contribution in [-0.2, 0) is 13.0 Å². The molecule has 0 spiro atoms. The summed E-state index contributed by atoms with van der Waals surface area (Å²) in [5.41, 5.74) is 1.55. The van der Waals surface area contributed by atoms with Gasteiger partial charge in [-0.05, 0) is 58.1 Å². The van der Waals surface area contributed by atoms with Gasteiger partial charge in [0, 0.05) is 18.3 Å². The summed E-state index contributed by atoms with van der Waals surface area (Å²) < 4.78 is 2.00. The highest BCUT2D eigenvalue weighted by atomic mass is 15.3. The average Bonchev–Trinajstić information content (AvgIpc) is 2.70. The Morgan fingerprint density at radius 2 is 2.00 bits per heavy atom. The summed E-state index contributed by atoms with van der Waals surface area (Å²) in [7, 11) is 0. The summed E-state index contributed by atoms with van der Waals surface area (Å²) in [6, 6.07) is 0. The number of nitrogens with one attached hydrogen (secondary N) is 1. The second-order valence-corrected chi connectivity index (χ2v) is 6.54. The third-order valence-corrected chi connectivity index (χ3v) is 3.35. The van der Waals surface area contributed by atoms with E-state index in [1.165, 1.54) is 5.56 Å². The number of aromatic nitrogens is 2. The first-order valence-corrected chi connectivity index (χ1v) is 7.08. The maximum absolute atomic E-state index is 4.35. The molecular formula is C15H29N3. The van der Waals surface area contributed by atoms with Crippen molar-refractivity contribution < 1.29 is 0 Å². The first kappa shape index (κ1) is 15.2. The summed E-state index contributed by atoms with van der Waals surface area (Å²) in [6.45, 7) is 15.4. The van der Waals surface area contributed by atoms with Gasteiger partial charge in [-0.2, -0.15) is 5.10 Å². The number of hydrogen-bond acceptors (Lipinski definition) is 2. The third kappa shape index (κ3) is 5.21. The molecule has 0 saturated heterocycles. The summed E-state index contributed by atoms with van der Waals surface area (Å²) in [5, 5.41) is 7.97. The molecule has 104 valence electrons. The van der Waals surface area contributed by atoms with Crippen molar-refractivity contribution in [2.24, 2.45) is 11.8 Å². The zero-order chi connectivity index (χ0) is 13.8. The van der Waals surface area contributed by atoms with Crippen molar-refractivity contribution in [3.05, 3.63) is 18.0 Å². The van der Waals surface area contributed by atoms with Crippen LogP contribution in [0.25, 0.3) is 0 Å². The van der Waals surface area contributed by atoms with Gasteiger partial charge in [0.25, 0.3) is 0 Å². The van der Waals surface area contributed by atoms with Gasteiger partial charge >= 0.3 is 0 Å². The quantitative estimate of drug-likeness (QED) is 0.842.